The van der Waals surface area contributed by atoms with Crippen molar-refractivity contribution in [2.24, 2.45) is 0 Å². The lowest BCUT2D eigenvalue weighted by atomic mass is 10.1. The summed E-state index contributed by atoms with van der Waals surface area (Å²) in [6, 6.07) is 4.68. The lowest BCUT2D eigenvalue weighted by Gasteiger charge is -2.32. The molecule has 1 amide bonds. The van der Waals surface area contributed by atoms with Crippen LogP contribution in [0, 0.1) is 0 Å². The molecule has 0 aromatic heterocycles. The average molecular weight is 366 g/mol. The van der Waals surface area contributed by atoms with Crippen LogP contribution in [0.2, 0.25) is 0 Å². The van der Waals surface area contributed by atoms with Gasteiger partial charge in [-0.1, -0.05) is 6.42 Å². The van der Waals surface area contributed by atoms with Crippen molar-refractivity contribution in [2.75, 3.05) is 26.7 Å². The highest BCUT2D eigenvalue weighted by Gasteiger charge is 2.34. The molecule has 2 aliphatic rings. The van der Waals surface area contributed by atoms with Gasteiger partial charge in [-0.3, -0.25) is 4.79 Å². The molecule has 2 aliphatic heterocycles. The number of likely N-dealkylation sites (tertiary alicyclic amines) is 1. The molecule has 0 radical (unpaired) electrons. The number of sulfonamides is 1. The van der Waals surface area contributed by atoms with Crippen LogP contribution in [0.5, 0.6) is 5.75 Å². The Morgan fingerprint density at radius 1 is 1.12 bits per heavy atom. The van der Waals surface area contributed by atoms with E-state index in [0.717, 1.165) is 45.2 Å². The van der Waals surface area contributed by atoms with Crippen LogP contribution in [0.4, 0.5) is 0 Å². The molecule has 0 saturated carbocycles. The first-order valence-corrected chi connectivity index (χ1v) is 10.4. The largest absolute Gasteiger partial charge is 0.495 e. The second-order valence-corrected chi connectivity index (χ2v) is 8.68. The summed E-state index contributed by atoms with van der Waals surface area (Å²) in [6.45, 7) is 3.91. The summed E-state index contributed by atoms with van der Waals surface area (Å²) in [6.07, 6.45) is 4.75. The molecule has 1 aromatic rings. The molecule has 3 rings (SSSR count). The predicted molar refractivity (Wildman–Crippen MR) is 95.3 cm³/mol. The summed E-state index contributed by atoms with van der Waals surface area (Å²) in [5.41, 5.74) is 0.408. The molecule has 0 bridgehead atoms. The van der Waals surface area contributed by atoms with Gasteiger partial charge in [0.15, 0.2) is 0 Å². The van der Waals surface area contributed by atoms with Crippen molar-refractivity contribution in [1.29, 1.82) is 0 Å². The molecule has 25 heavy (non-hydrogen) atoms. The summed E-state index contributed by atoms with van der Waals surface area (Å²) in [7, 11) is -2.24. The van der Waals surface area contributed by atoms with Crippen LogP contribution in [0.25, 0.3) is 0 Å². The zero-order valence-corrected chi connectivity index (χ0v) is 15.7. The van der Waals surface area contributed by atoms with Crippen molar-refractivity contribution in [3.63, 3.8) is 0 Å². The molecule has 7 heteroatoms. The molecule has 2 heterocycles. The average Bonchev–Trinajstić information content (AvgIpc) is 3.15. The quantitative estimate of drug-likeness (QED) is 0.821. The standard InChI is InChI=1S/C18H26N2O4S/c1-14-7-3-4-12-20(14)25(22,23)17-13-15(8-9-16(17)24-2)18(21)19-10-5-6-11-19/h8-9,13-14H,3-7,10-12H2,1-2H3. The van der Waals surface area contributed by atoms with Gasteiger partial charge in [-0.05, 0) is 50.8 Å². The third-order valence-electron chi connectivity index (χ3n) is 5.13. The summed E-state index contributed by atoms with van der Waals surface area (Å²) >= 11 is 0. The maximum atomic E-state index is 13.2. The number of carbonyl (C=O) groups is 1. The van der Waals surface area contributed by atoms with Gasteiger partial charge in [-0.25, -0.2) is 8.42 Å². The number of methoxy groups -OCH3 is 1. The first-order valence-electron chi connectivity index (χ1n) is 8.94. The summed E-state index contributed by atoms with van der Waals surface area (Å²) < 4.78 is 33.2. The normalized spacial score (nSPS) is 22.2. The van der Waals surface area contributed by atoms with Crippen molar-refractivity contribution in [1.82, 2.24) is 9.21 Å². The number of benzene rings is 1. The number of hydrogen-bond donors (Lipinski definition) is 0. The molecule has 138 valence electrons. The fourth-order valence-electron chi connectivity index (χ4n) is 3.67. The lowest BCUT2D eigenvalue weighted by molar-refractivity contribution is 0.0792. The highest BCUT2D eigenvalue weighted by molar-refractivity contribution is 7.89. The summed E-state index contributed by atoms with van der Waals surface area (Å²) in [5, 5.41) is 0. The van der Waals surface area contributed by atoms with Gasteiger partial charge in [0, 0.05) is 31.2 Å². The minimum atomic E-state index is -3.70. The maximum absolute atomic E-state index is 13.2. The van der Waals surface area contributed by atoms with Gasteiger partial charge in [0.05, 0.1) is 7.11 Å². The maximum Gasteiger partial charge on any atom is 0.253 e. The first-order chi connectivity index (χ1) is 11.9. The van der Waals surface area contributed by atoms with Gasteiger partial charge in [-0.15, -0.1) is 0 Å². The van der Waals surface area contributed by atoms with Crippen LogP contribution < -0.4 is 4.74 Å². The monoisotopic (exact) mass is 366 g/mol. The molecule has 1 aromatic carbocycles. The second kappa shape index (κ2) is 7.33. The third-order valence-corrected chi connectivity index (χ3v) is 7.17. The van der Waals surface area contributed by atoms with Gasteiger partial charge in [-0.2, -0.15) is 4.31 Å². The number of piperidine rings is 1. The molecule has 0 spiro atoms. The third kappa shape index (κ3) is 3.53. The Kier molecular flexibility index (Phi) is 5.34. The van der Waals surface area contributed by atoms with E-state index >= 15 is 0 Å². The Balaban J connectivity index is 1.98. The van der Waals surface area contributed by atoms with Crippen molar-refractivity contribution < 1.29 is 17.9 Å². The van der Waals surface area contributed by atoms with E-state index < -0.39 is 10.0 Å². The van der Waals surface area contributed by atoms with Crippen LogP contribution in [-0.2, 0) is 10.0 Å². The van der Waals surface area contributed by atoms with Crippen LogP contribution in [0.1, 0.15) is 49.4 Å². The zero-order valence-electron chi connectivity index (χ0n) is 14.9. The Bertz CT molecular complexity index is 741. The van der Waals surface area contributed by atoms with Gasteiger partial charge < -0.3 is 9.64 Å². The van der Waals surface area contributed by atoms with E-state index in [1.807, 2.05) is 6.92 Å². The number of amides is 1. The second-order valence-electron chi connectivity index (χ2n) is 6.83. The van der Waals surface area contributed by atoms with Crippen molar-refractivity contribution in [3.05, 3.63) is 23.8 Å². The molecular formula is C18H26N2O4S. The molecule has 0 aliphatic carbocycles. The van der Waals surface area contributed by atoms with Gasteiger partial charge in [0.2, 0.25) is 10.0 Å². The van der Waals surface area contributed by atoms with E-state index in [1.165, 1.54) is 13.2 Å². The van der Waals surface area contributed by atoms with Crippen molar-refractivity contribution in [2.45, 2.75) is 50.0 Å². The van der Waals surface area contributed by atoms with Gasteiger partial charge in [0.1, 0.15) is 10.6 Å². The van der Waals surface area contributed by atoms with Crippen LogP contribution in [-0.4, -0.2) is 56.3 Å². The van der Waals surface area contributed by atoms with Crippen molar-refractivity contribution in [3.8, 4) is 5.75 Å². The highest BCUT2D eigenvalue weighted by Crippen LogP contribution is 2.32. The van der Waals surface area contributed by atoms with E-state index in [1.54, 1.807) is 21.3 Å². The number of rotatable bonds is 4. The smallest absolute Gasteiger partial charge is 0.253 e. The number of nitrogens with zero attached hydrogens (tertiary/aromatic N) is 2. The minimum absolute atomic E-state index is 0.0404. The van der Waals surface area contributed by atoms with Gasteiger partial charge in [0.25, 0.3) is 5.91 Å². The zero-order chi connectivity index (χ0) is 18.0. The Morgan fingerprint density at radius 2 is 1.80 bits per heavy atom. The molecule has 2 fully saturated rings. The Morgan fingerprint density at radius 3 is 2.44 bits per heavy atom. The van der Waals surface area contributed by atoms with E-state index in [9.17, 15) is 13.2 Å². The van der Waals surface area contributed by atoms with E-state index in [0.29, 0.717) is 12.1 Å². The van der Waals surface area contributed by atoms with Gasteiger partial charge >= 0.3 is 0 Å². The van der Waals surface area contributed by atoms with Crippen LogP contribution in [0.3, 0.4) is 0 Å². The number of hydrogen-bond acceptors (Lipinski definition) is 4. The van der Waals surface area contributed by atoms with Crippen molar-refractivity contribution >= 4 is 15.9 Å². The van der Waals surface area contributed by atoms with E-state index in [2.05, 4.69) is 0 Å². The Hall–Kier alpha value is -1.60. The van der Waals surface area contributed by atoms with E-state index in [-0.39, 0.29) is 22.6 Å². The SMILES string of the molecule is COc1ccc(C(=O)N2CCCC2)cc1S(=O)(=O)N1CCCCC1C. The van der Waals surface area contributed by atoms with Crippen LogP contribution in [0.15, 0.2) is 23.1 Å². The molecule has 0 N–H and O–H groups in total. The number of carbonyl (C=O) groups excluding carboxylic acids is 1. The first kappa shape index (κ1) is 18.2. The summed E-state index contributed by atoms with van der Waals surface area (Å²) in [5.74, 6) is 0.180. The number of ether oxygens (including phenoxy) is 1. The molecule has 6 nitrogen and oxygen atoms in total. The fourth-order valence-corrected chi connectivity index (χ4v) is 5.55. The highest BCUT2D eigenvalue weighted by atomic mass is 32.2. The van der Waals surface area contributed by atoms with Crippen LogP contribution >= 0.6 is 0 Å². The molecule has 1 unspecified atom stereocenters. The molecule has 1 atom stereocenters. The predicted octanol–water partition coefficient (Wildman–Crippen LogP) is 2.49. The Labute approximate surface area is 149 Å². The minimum Gasteiger partial charge on any atom is -0.495 e. The summed E-state index contributed by atoms with van der Waals surface area (Å²) in [4.78, 5) is 14.5. The van der Waals surface area contributed by atoms with E-state index in [4.69, 9.17) is 4.74 Å². The fraction of sp³-hybridized carbons (Fsp3) is 0.611. The lowest BCUT2D eigenvalue weighted by Crippen LogP contribution is -2.42. The molecule has 2 saturated heterocycles. The topological polar surface area (TPSA) is 66.9 Å². The molecular weight excluding hydrogens is 340 g/mol.